The summed E-state index contributed by atoms with van der Waals surface area (Å²) in [4.78, 5) is 37.1. The van der Waals surface area contributed by atoms with Crippen LogP contribution in [0, 0.1) is 34.5 Å². The number of hydrogen-bond donors (Lipinski definition) is 0. The first-order chi connectivity index (χ1) is 14.7. The van der Waals surface area contributed by atoms with Gasteiger partial charge in [-0.3, -0.25) is 14.4 Å². The second-order valence-corrected chi connectivity index (χ2v) is 10.9. The van der Waals surface area contributed by atoms with Crippen molar-refractivity contribution in [2.24, 2.45) is 34.5 Å². The average Bonchev–Trinajstić information content (AvgIpc) is 3.38. The number of fused-ring (bicyclic) bond motifs is 3. The van der Waals surface area contributed by atoms with Crippen molar-refractivity contribution in [1.82, 2.24) is 0 Å². The number of methoxy groups -OCH3 is 2. The van der Waals surface area contributed by atoms with Gasteiger partial charge in [0.25, 0.3) is 0 Å². The van der Waals surface area contributed by atoms with Gasteiger partial charge >= 0.3 is 11.9 Å². The van der Waals surface area contributed by atoms with E-state index in [0.29, 0.717) is 31.1 Å². The second-order valence-electron chi connectivity index (χ2n) is 10.9. The Morgan fingerprint density at radius 3 is 2.68 bits per heavy atom. The minimum Gasteiger partial charge on any atom is -0.469 e. The molecule has 4 fully saturated rings. The van der Waals surface area contributed by atoms with Crippen LogP contribution in [0.4, 0.5) is 0 Å². The lowest BCUT2D eigenvalue weighted by molar-refractivity contribution is -0.157. The highest BCUT2D eigenvalue weighted by atomic mass is 16.6. The zero-order valence-electron chi connectivity index (χ0n) is 19.1. The second kappa shape index (κ2) is 6.90. The Morgan fingerprint density at radius 2 is 1.97 bits per heavy atom. The molecule has 6 nitrogen and oxygen atoms in total. The summed E-state index contributed by atoms with van der Waals surface area (Å²) in [6.07, 6.45) is 8.20. The lowest BCUT2D eigenvalue weighted by Crippen LogP contribution is -2.61. The molecule has 6 heteroatoms. The van der Waals surface area contributed by atoms with E-state index in [1.807, 2.05) is 0 Å². The van der Waals surface area contributed by atoms with Crippen LogP contribution in [0.25, 0.3) is 0 Å². The van der Waals surface area contributed by atoms with Gasteiger partial charge in [-0.1, -0.05) is 19.4 Å². The Hall–Kier alpha value is -1.69. The average molecular weight is 431 g/mol. The van der Waals surface area contributed by atoms with Gasteiger partial charge in [0.15, 0.2) is 5.78 Å². The van der Waals surface area contributed by atoms with Crippen molar-refractivity contribution in [3.05, 3.63) is 11.6 Å². The van der Waals surface area contributed by atoms with Crippen LogP contribution in [-0.4, -0.2) is 43.6 Å². The van der Waals surface area contributed by atoms with Crippen molar-refractivity contribution < 1.29 is 28.6 Å². The minimum atomic E-state index is -0.363. The summed E-state index contributed by atoms with van der Waals surface area (Å²) in [5.74, 6) is 0.434. The van der Waals surface area contributed by atoms with E-state index in [4.69, 9.17) is 14.2 Å². The fraction of sp³-hybridized carbons (Fsp3) is 0.800. The van der Waals surface area contributed by atoms with Crippen molar-refractivity contribution in [2.45, 2.75) is 76.9 Å². The Balaban J connectivity index is 1.53. The zero-order chi connectivity index (χ0) is 22.2. The van der Waals surface area contributed by atoms with Gasteiger partial charge < -0.3 is 14.2 Å². The first-order valence-corrected chi connectivity index (χ1v) is 11.8. The topological polar surface area (TPSA) is 82.2 Å². The molecule has 1 spiro atoms. The normalized spacial score (nSPS) is 47.3. The highest BCUT2D eigenvalue weighted by molar-refractivity contribution is 5.92. The number of carbonyl (C=O) groups is 3. The number of epoxide rings is 1. The number of hydrogen-bond acceptors (Lipinski definition) is 6. The third kappa shape index (κ3) is 2.69. The molecule has 0 radical (unpaired) electrons. The van der Waals surface area contributed by atoms with Gasteiger partial charge in [0.1, 0.15) is 5.60 Å². The van der Waals surface area contributed by atoms with Crippen molar-refractivity contribution in [1.29, 1.82) is 0 Å². The standard InChI is InChI=1S/C25H34O6/c1-23-13-19-25(31-19)21(18(23)7-5-14(23)6-8-20(27)29-3)17(22(28)30-4)12-15-11-16(26)9-10-24(15,25)2/h11,14,17-19,21H,5-10,12-13H2,1-4H3/t14-,17+,18?,19+,21?,23+,24-,25?/m0/s1. The molecule has 0 aromatic rings. The van der Waals surface area contributed by atoms with Crippen molar-refractivity contribution in [3.63, 3.8) is 0 Å². The SMILES string of the molecule is COC(=O)CC[C@@H]1CCC2C3[C@H](C(=O)OC)CC4=CC(=O)CC[C@]4(C)C34O[C@@H]4C[C@@]21C. The van der Waals surface area contributed by atoms with Gasteiger partial charge in [-0.2, -0.15) is 0 Å². The number of ether oxygens (including phenoxy) is 3. The van der Waals surface area contributed by atoms with Crippen molar-refractivity contribution >= 4 is 17.7 Å². The third-order valence-corrected chi connectivity index (χ3v) is 10.00. The Labute approximate surface area is 184 Å². The van der Waals surface area contributed by atoms with Gasteiger partial charge in [-0.05, 0) is 61.9 Å². The Kier molecular flexibility index (Phi) is 4.71. The maximum absolute atomic E-state index is 13.0. The molecule has 1 heterocycles. The smallest absolute Gasteiger partial charge is 0.309 e. The molecular formula is C25H34O6. The van der Waals surface area contributed by atoms with Gasteiger partial charge in [-0.25, -0.2) is 0 Å². The molecule has 1 aliphatic heterocycles. The van der Waals surface area contributed by atoms with E-state index in [1.54, 1.807) is 6.08 Å². The van der Waals surface area contributed by atoms with Gasteiger partial charge in [0.05, 0.1) is 26.2 Å². The summed E-state index contributed by atoms with van der Waals surface area (Å²) < 4.78 is 16.8. The number of ketones is 1. The highest BCUT2D eigenvalue weighted by Crippen LogP contribution is 2.77. The van der Waals surface area contributed by atoms with Gasteiger partial charge in [0, 0.05) is 24.2 Å². The molecule has 170 valence electrons. The van der Waals surface area contributed by atoms with Crippen molar-refractivity contribution in [3.8, 4) is 0 Å². The molecular weight excluding hydrogens is 396 g/mol. The summed E-state index contributed by atoms with van der Waals surface area (Å²) in [7, 11) is 2.91. The van der Waals surface area contributed by atoms with Crippen LogP contribution in [0.15, 0.2) is 11.6 Å². The number of esters is 2. The molecule has 0 bridgehead atoms. The summed E-state index contributed by atoms with van der Waals surface area (Å²) in [5.41, 5.74) is 0.573. The van der Waals surface area contributed by atoms with E-state index in [-0.39, 0.29) is 52.1 Å². The van der Waals surface area contributed by atoms with E-state index in [2.05, 4.69) is 13.8 Å². The van der Waals surface area contributed by atoms with Crippen LogP contribution in [0.2, 0.25) is 0 Å². The van der Waals surface area contributed by atoms with Crippen LogP contribution in [0.5, 0.6) is 0 Å². The molecule has 0 aromatic heterocycles. The fourth-order valence-corrected chi connectivity index (χ4v) is 8.37. The maximum atomic E-state index is 13.0. The molecule has 31 heavy (non-hydrogen) atoms. The molecule has 5 aliphatic rings. The van der Waals surface area contributed by atoms with E-state index in [0.717, 1.165) is 37.7 Å². The summed E-state index contributed by atoms with van der Waals surface area (Å²) in [6, 6.07) is 0. The minimum absolute atomic E-state index is 0.0394. The first-order valence-electron chi connectivity index (χ1n) is 11.8. The highest BCUT2D eigenvalue weighted by Gasteiger charge is 2.81. The molecule has 3 saturated carbocycles. The van der Waals surface area contributed by atoms with Crippen LogP contribution < -0.4 is 0 Å². The fourth-order valence-electron chi connectivity index (χ4n) is 8.37. The van der Waals surface area contributed by atoms with Crippen LogP contribution in [0.1, 0.15) is 65.2 Å². The maximum Gasteiger partial charge on any atom is 0.309 e. The van der Waals surface area contributed by atoms with Crippen LogP contribution in [0.3, 0.4) is 0 Å². The van der Waals surface area contributed by atoms with Gasteiger partial charge in [-0.15, -0.1) is 0 Å². The quantitative estimate of drug-likeness (QED) is 0.500. The Bertz CT molecular complexity index is 862. The lowest BCUT2D eigenvalue weighted by Gasteiger charge is -2.57. The molecule has 0 amide bonds. The summed E-state index contributed by atoms with van der Waals surface area (Å²) >= 11 is 0. The summed E-state index contributed by atoms with van der Waals surface area (Å²) in [5, 5.41) is 0. The van der Waals surface area contributed by atoms with E-state index < -0.39 is 0 Å². The number of rotatable bonds is 4. The molecule has 4 aliphatic carbocycles. The predicted octanol–water partition coefficient (Wildman–Crippen LogP) is 3.62. The predicted molar refractivity (Wildman–Crippen MR) is 112 cm³/mol. The van der Waals surface area contributed by atoms with Gasteiger partial charge in [0.2, 0.25) is 0 Å². The largest absolute Gasteiger partial charge is 0.469 e. The number of carbonyl (C=O) groups excluding carboxylic acids is 3. The monoisotopic (exact) mass is 430 g/mol. The molecule has 0 N–H and O–H groups in total. The first kappa shape index (κ1) is 21.2. The summed E-state index contributed by atoms with van der Waals surface area (Å²) in [6.45, 7) is 4.61. The Morgan fingerprint density at radius 1 is 1.19 bits per heavy atom. The molecule has 3 unspecified atom stereocenters. The van der Waals surface area contributed by atoms with Crippen molar-refractivity contribution in [2.75, 3.05) is 14.2 Å². The molecule has 1 saturated heterocycles. The molecule has 0 aromatic carbocycles. The van der Waals surface area contributed by atoms with E-state index >= 15 is 0 Å². The van der Waals surface area contributed by atoms with E-state index in [9.17, 15) is 14.4 Å². The molecule has 8 atom stereocenters. The van der Waals surface area contributed by atoms with Crippen LogP contribution in [-0.2, 0) is 28.6 Å². The molecule has 5 rings (SSSR count). The zero-order valence-corrected chi connectivity index (χ0v) is 19.1. The van der Waals surface area contributed by atoms with E-state index in [1.165, 1.54) is 14.2 Å². The third-order valence-electron chi connectivity index (χ3n) is 10.00. The van der Waals surface area contributed by atoms with Crippen LogP contribution >= 0.6 is 0 Å². The lowest BCUT2D eigenvalue weighted by atomic mass is 9.44.